The molecule has 65 heavy (non-hydrogen) atoms. The molecule has 0 spiro atoms. The molecule has 12 rings (SSSR count). The van der Waals surface area contributed by atoms with Gasteiger partial charge in [-0.05, 0) is 77.3 Å². The average molecular weight is 940 g/mol. The number of carbonyl (C=O) groups is 2. The molecule has 0 saturated carbocycles. The normalized spacial score (nSPS) is 20.0. The lowest BCUT2D eigenvalue weighted by Crippen LogP contribution is -2.39. The van der Waals surface area contributed by atoms with Gasteiger partial charge in [-0.2, -0.15) is 0 Å². The molecule has 2 aromatic carbocycles. The lowest BCUT2D eigenvalue weighted by atomic mass is 9.75. The van der Waals surface area contributed by atoms with Crippen LogP contribution >= 0.6 is 45.3 Å². The molecule has 6 aliphatic rings. The number of hydrogen-bond acceptors (Lipinski definition) is 15. The number of nitrogens with one attached hydrogen (secondary N) is 1. The maximum atomic E-state index is 11.9. The van der Waals surface area contributed by atoms with Gasteiger partial charge in [-0.15, -0.1) is 45.3 Å². The summed E-state index contributed by atoms with van der Waals surface area (Å²) in [6.07, 6.45) is 16.6. The Morgan fingerprint density at radius 1 is 0.538 bits per heavy atom. The van der Waals surface area contributed by atoms with Gasteiger partial charge in [0.1, 0.15) is 62.6 Å². The Morgan fingerprint density at radius 2 is 1.02 bits per heavy atom. The van der Waals surface area contributed by atoms with Crippen molar-refractivity contribution in [2.45, 2.75) is 12.5 Å². The van der Waals surface area contributed by atoms with Gasteiger partial charge in [-0.25, -0.2) is 0 Å². The number of rotatable bonds is 7. The van der Waals surface area contributed by atoms with E-state index in [4.69, 9.17) is 37.9 Å². The second-order valence-electron chi connectivity index (χ2n) is 15.8. The highest BCUT2D eigenvalue weighted by molar-refractivity contribution is 7.16. The van der Waals surface area contributed by atoms with Crippen LogP contribution in [-0.2, 0) is 0 Å². The zero-order valence-corrected chi connectivity index (χ0v) is 38.0. The van der Waals surface area contributed by atoms with Gasteiger partial charge in [0, 0.05) is 11.3 Å². The summed E-state index contributed by atoms with van der Waals surface area (Å²) < 4.78 is 52.2. The van der Waals surface area contributed by atoms with E-state index in [9.17, 15) is 9.59 Å². The van der Waals surface area contributed by atoms with E-state index in [1.54, 1.807) is 22.7 Å². The van der Waals surface area contributed by atoms with Crippen LogP contribution in [0.3, 0.4) is 0 Å². The van der Waals surface area contributed by atoms with E-state index in [1.165, 1.54) is 22.7 Å². The molecule has 4 aromatic heterocycles. The summed E-state index contributed by atoms with van der Waals surface area (Å²) in [6, 6.07) is 17.0. The number of thiophene rings is 4. The highest BCUT2D eigenvalue weighted by atomic mass is 32.1. The molecule has 1 aliphatic carbocycles. The highest BCUT2D eigenvalue weighted by Crippen LogP contribution is 2.48. The SMILES string of the molecule is CC12C=CC(/C=c3\s/c(=C\c4sc(C=O)c5c4OCCO5)c4c3OCCO4)=CC1=C(c1ccccc1)c1cc(/C=c3\s/c(=C\c4sc(C=O)c5c4OCCO5)c4c3OCCO4)ccc1N2. The zero-order valence-electron chi connectivity index (χ0n) is 34.7. The van der Waals surface area contributed by atoms with Gasteiger partial charge >= 0.3 is 0 Å². The highest BCUT2D eigenvalue weighted by Gasteiger charge is 2.36. The molecule has 6 aromatic rings. The number of hydrogen-bond donors (Lipinski definition) is 1. The summed E-state index contributed by atoms with van der Waals surface area (Å²) in [6.45, 7) is 5.60. The van der Waals surface area contributed by atoms with Gasteiger partial charge in [0.25, 0.3) is 0 Å². The first-order valence-electron chi connectivity index (χ1n) is 21.1. The molecular weight excluding hydrogens is 903 g/mol. The predicted octanol–water partition coefficient (Wildman–Crippen LogP) is 7.09. The summed E-state index contributed by atoms with van der Waals surface area (Å²) in [5.41, 5.74) is 6.95. The fourth-order valence-electron chi connectivity index (χ4n) is 8.81. The molecule has 1 atom stereocenters. The van der Waals surface area contributed by atoms with Crippen LogP contribution < -0.4 is 61.3 Å². The van der Waals surface area contributed by atoms with Gasteiger partial charge < -0.3 is 43.2 Å². The zero-order chi connectivity index (χ0) is 43.6. The van der Waals surface area contributed by atoms with Gasteiger partial charge in [-0.3, -0.25) is 9.59 Å². The first kappa shape index (κ1) is 40.0. The molecule has 11 nitrogen and oxygen atoms in total. The van der Waals surface area contributed by atoms with Crippen LogP contribution in [0.5, 0.6) is 46.0 Å². The van der Waals surface area contributed by atoms with Crippen molar-refractivity contribution in [3.63, 3.8) is 0 Å². The van der Waals surface area contributed by atoms with E-state index in [2.05, 4.69) is 85.1 Å². The van der Waals surface area contributed by atoms with Crippen LogP contribution in [0.25, 0.3) is 29.9 Å². The standard InChI is InChI=1S/C50H37NO10S4/c1-50-10-9-28(22-34-43-45(57-14-12-55-43)36(63-34)24-38-47-49(40(26-53)65-38)61-18-16-59-47)20-31(50)41(29-5-3-2-4-6-29)30-19-27(7-8-32(30)51-50)21-33-42-44(56-13-11-54-42)35(62-33)23-37-46-48(39(25-52)64-37)60-17-15-58-46/h2-10,19-26,51H,11-18H2,1H3/b33-21-,34-22-,35-23-,36-24-. The molecule has 0 bridgehead atoms. The van der Waals surface area contributed by atoms with Crippen molar-refractivity contribution in [3.8, 4) is 46.0 Å². The second kappa shape index (κ2) is 16.2. The average Bonchev–Trinajstić information content (AvgIpc) is 4.09. The molecule has 1 N–H and O–H groups in total. The number of fused-ring (bicyclic) bond motifs is 6. The number of allylic oxidation sites excluding steroid dienone is 2. The van der Waals surface area contributed by atoms with E-state index in [0.29, 0.717) is 109 Å². The van der Waals surface area contributed by atoms with Gasteiger partial charge in [0.05, 0.1) is 33.4 Å². The first-order chi connectivity index (χ1) is 31.9. The number of ether oxygens (including phenoxy) is 8. The molecule has 5 aliphatic heterocycles. The summed E-state index contributed by atoms with van der Waals surface area (Å²) in [5.74, 6) is 4.94. The maximum absolute atomic E-state index is 11.9. The first-order valence-corrected chi connectivity index (χ1v) is 24.3. The number of anilines is 1. The third-order valence-corrected chi connectivity index (χ3v) is 15.8. The van der Waals surface area contributed by atoms with Crippen molar-refractivity contribution in [1.82, 2.24) is 0 Å². The van der Waals surface area contributed by atoms with Crippen molar-refractivity contribution in [1.29, 1.82) is 0 Å². The fraction of sp³-hybridized carbons (Fsp3) is 0.200. The molecule has 0 fully saturated rings. The topological polar surface area (TPSA) is 120 Å². The van der Waals surface area contributed by atoms with Crippen LogP contribution in [0.1, 0.15) is 52.7 Å². The number of benzene rings is 2. The van der Waals surface area contributed by atoms with Crippen LogP contribution in [0, 0.1) is 0 Å². The van der Waals surface area contributed by atoms with Crippen molar-refractivity contribution in [2.24, 2.45) is 0 Å². The minimum atomic E-state index is -0.507. The van der Waals surface area contributed by atoms with Crippen molar-refractivity contribution in [2.75, 3.05) is 58.2 Å². The van der Waals surface area contributed by atoms with Gasteiger partial charge in [0.2, 0.25) is 0 Å². The van der Waals surface area contributed by atoms with Crippen molar-refractivity contribution in [3.05, 3.63) is 132 Å². The molecule has 15 heteroatoms. The Hall–Kier alpha value is -6.52. The van der Waals surface area contributed by atoms with E-state index >= 15 is 0 Å². The molecule has 326 valence electrons. The van der Waals surface area contributed by atoms with Crippen LogP contribution in [0.15, 0.2) is 77.9 Å². The van der Waals surface area contributed by atoms with Crippen molar-refractivity contribution >= 4 is 93.5 Å². The Labute approximate surface area is 387 Å². The summed E-state index contributed by atoms with van der Waals surface area (Å²) in [7, 11) is 0. The van der Waals surface area contributed by atoms with Crippen molar-refractivity contribution < 1.29 is 47.5 Å². The quantitative estimate of drug-likeness (QED) is 0.165. The summed E-state index contributed by atoms with van der Waals surface area (Å²) in [4.78, 5) is 26.4. The maximum Gasteiger partial charge on any atom is 0.183 e. The number of aldehydes is 2. The van der Waals surface area contributed by atoms with Gasteiger partial charge in [0.15, 0.2) is 58.6 Å². The van der Waals surface area contributed by atoms with Gasteiger partial charge in [-0.1, -0.05) is 48.6 Å². The Kier molecular flexibility index (Phi) is 9.96. The van der Waals surface area contributed by atoms with E-state index in [0.717, 1.165) is 79.6 Å². The summed E-state index contributed by atoms with van der Waals surface area (Å²) >= 11 is 5.83. The fourth-order valence-corrected chi connectivity index (χ4v) is 13.1. The number of carbonyl (C=O) groups excluding carboxylic acids is 2. The Bertz CT molecular complexity index is 3330. The second-order valence-corrected chi connectivity index (χ2v) is 20.2. The van der Waals surface area contributed by atoms with Crippen LogP contribution in [0.2, 0.25) is 0 Å². The minimum absolute atomic E-state index is 0.402. The Morgan fingerprint density at radius 3 is 1.54 bits per heavy atom. The lowest BCUT2D eigenvalue weighted by molar-refractivity contribution is 0.110. The van der Waals surface area contributed by atoms with Crippen LogP contribution in [-0.4, -0.2) is 71.0 Å². The largest absolute Gasteiger partial charge is 0.485 e. The monoisotopic (exact) mass is 939 g/mol. The van der Waals surface area contributed by atoms with E-state index in [1.807, 2.05) is 18.2 Å². The predicted molar refractivity (Wildman–Crippen MR) is 254 cm³/mol. The Balaban J connectivity index is 0.978. The molecular formula is C50H37NO10S4. The lowest BCUT2D eigenvalue weighted by Gasteiger charge is -2.40. The van der Waals surface area contributed by atoms with E-state index in [-0.39, 0.29) is 0 Å². The molecule has 0 amide bonds. The smallest absolute Gasteiger partial charge is 0.183 e. The van der Waals surface area contributed by atoms with Crippen LogP contribution in [0.4, 0.5) is 5.69 Å². The third kappa shape index (κ3) is 6.96. The molecule has 9 heterocycles. The van der Waals surface area contributed by atoms with E-state index < -0.39 is 5.54 Å². The molecule has 1 unspecified atom stereocenters. The molecule has 0 radical (unpaired) electrons. The summed E-state index contributed by atoms with van der Waals surface area (Å²) in [5, 5.41) is 3.87. The molecule has 0 saturated heterocycles. The minimum Gasteiger partial charge on any atom is -0.485 e. The third-order valence-electron chi connectivity index (χ3n) is 11.7.